The van der Waals surface area contributed by atoms with Gasteiger partial charge in [0, 0.05) is 61.7 Å². The molecule has 55 heavy (non-hydrogen) atoms. The van der Waals surface area contributed by atoms with Gasteiger partial charge in [0.15, 0.2) is 11.5 Å². The zero-order chi connectivity index (χ0) is 39.3. The van der Waals surface area contributed by atoms with Crippen LogP contribution in [0.4, 0.5) is 0 Å². The number of methoxy groups -OCH3 is 3. The maximum atomic E-state index is 14.0. The molecule has 3 N–H and O–H groups in total. The third kappa shape index (κ3) is 8.46. The zero-order valence-electron chi connectivity index (χ0n) is 31.3. The summed E-state index contributed by atoms with van der Waals surface area (Å²) in [6.07, 6.45) is 3.87. The molecule has 0 spiro atoms. The number of amides is 2. The number of primary amides is 1. The largest absolute Gasteiger partial charge is 0.495 e. The summed E-state index contributed by atoms with van der Waals surface area (Å²) in [5.41, 5.74) is 10.8. The fraction of sp³-hybridized carbons (Fsp3) is 0.268. The highest BCUT2D eigenvalue weighted by molar-refractivity contribution is 7.90. The predicted octanol–water partition coefficient (Wildman–Crippen LogP) is 5.67. The fourth-order valence-electron chi connectivity index (χ4n) is 6.56. The van der Waals surface area contributed by atoms with Gasteiger partial charge in [-0.15, -0.1) is 0 Å². The molecule has 1 aliphatic rings. The molecule has 0 fully saturated rings. The first-order valence-electron chi connectivity index (χ1n) is 17.5. The number of hydrogen-bond donors (Lipinski definition) is 2. The van der Waals surface area contributed by atoms with Gasteiger partial charge in [0.25, 0.3) is 10.0 Å². The van der Waals surface area contributed by atoms with E-state index >= 15 is 0 Å². The summed E-state index contributed by atoms with van der Waals surface area (Å²) < 4.78 is 59.9. The minimum absolute atomic E-state index is 0.0312. The number of nitrogens with zero attached hydrogens (tertiary/aromatic N) is 2. The standard InChI is InChI=1S/C29H29N3O8S.C12H15NO/c1-17-4-9-26(25(12-17)38-3)41(35,36)31-29(34)27(18-6-8-23-24(14-18)40-16-39-23)21-15-32(10-11-37-2)22-13-19(28(30)33)5-7-20(21)22;1-10-3-4-11-5-6-13(7-8-14-2)12(11)9-10/h4-9,12-15,27H,10-11,16H2,1-3H3,(H2,30,33)(H,31,34);3-6,9H,7-8H2,1-2H3. The number of rotatable bonds is 13. The average Bonchev–Trinajstić information content (AvgIpc) is 3.90. The van der Waals surface area contributed by atoms with Gasteiger partial charge in [-0.3, -0.25) is 9.59 Å². The topological polar surface area (TPSA) is 162 Å². The predicted molar refractivity (Wildman–Crippen MR) is 208 cm³/mol. The van der Waals surface area contributed by atoms with Crippen molar-refractivity contribution in [2.75, 3.05) is 41.3 Å². The second-order valence-electron chi connectivity index (χ2n) is 13.1. The van der Waals surface area contributed by atoms with Crippen LogP contribution in [0.5, 0.6) is 17.2 Å². The first-order chi connectivity index (χ1) is 26.4. The van der Waals surface area contributed by atoms with Gasteiger partial charge in [-0.2, -0.15) is 0 Å². The maximum Gasteiger partial charge on any atom is 0.267 e. The van der Waals surface area contributed by atoms with E-state index in [1.54, 1.807) is 75.9 Å². The van der Waals surface area contributed by atoms with Gasteiger partial charge in [0.05, 0.1) is 26.2 Å². The van der Waals surface area contributed by atoms with Crippen molar-refractivity contribution in [3.63, 3.8) is 0 Å². The van der Waals surface area contributed by atoms with Crippen molar-refractivity contribution in [3.8, 4) is 17.2 Å². The van der Waals surface area contributed by atoms with Gasteiger partial charge in [-0.25, -0.2) is 13.1 Å². The van der Waals surface area contributed by atoms with Gasteiger partial charge in [0.1, 0.15) is 10.6 Å². The highest BCUT2D eigenvalue weighted by atomic mass is 32.2. The number of hydrogen-bond acceptors (Lipinski definition) is 9. The van der Waals surface area contributed by atoms with Crippen molar-refractivity contribution in [1.82, 2.24) is 13.9 Å². The van der Waals surface area contributed by atoms with E-state index in [1.165, 1.54) is 29.6 Å². The van der Waals surface area contributed by atoms with Crippen LogP contribution in [0, 0.1) is 13.8 Å². The lowest BCUT2D eigenvalue weighted by molar-refractivity contribution is -0.119. The first-order valence-corrected chi connectivity index (χ1v) is 19.0. The second-order valence-corrected chi connectivity index (χ2v) is 14.8. The molecular weight excluding hydrogens is 725 g/mol. The van der Waals surface area contributed by atoms with Crippen LogP contribution in [0.1, 0.15) is 38.5 Å². The fourth-order valence-corrected chi connectivity index (χ4v) is 7.71. The van der Waals surface area contributed by atoms with Crippen molar-refractivity contribution in [2.45, 2.75) is 37.8 Å². The lowest BCUT2D eigenvalue weighted by atomic mass is 9.90. The molecule has 2 aromatic heterocycles. The number of aryl methyl sites for hydroxylation is 2. The van der Waals surface area contributed by atoms with Gasteiger partial charge in [-0.05, 0) is 90.0 Å². The van der Waals surface area contributed by atoms with E-state index in [0.717, 1.165) is 18.7 Å². The van der Waals surface area contributed by atoms with Gasteiger partial charge in [0.2, 0.25) is 18.6 Å². The molecule has 13 nitrogen and oxygen atoms in total. The second kappa shape index (κ2) is 16.7. The number of sulfonamides is 1. The van der Waals surface area contributed by atoms with Crippen molar-refractivity contribution in [2.24, 2.45) is 5.73 Å². The van der Waals surface area contributed by atoms with Crippen LogP contribution in [0.15, 0.2) is 96.2 Å². The molecule has 0 aliphatic carbocycles. The van der Waals surface area contributed by atoms with E-state index in [4.69, 9.17) is 29.4 Å². The number of nitrogens with one attached hydrogen (secondary N) is 1. The smallest absolute Gasteiger partial charge is 0.267 e. The Labute approximate surface area is 319 Å². The Kier molecular flexibility index (Phi) is 11.8. The molecule has 1 aliphatic heterocycles. The Hall–Kier alpha value is -5.83. The molecule has 6 aromatic rings. The molecule has 0 bridgehead atoms. The van der Waals surface area contributed by atoms with E-state index in [1.807, 2.05) is 4.57 Å². The summed E-state index contributed by atoms with van der Waals surface area (Å²) in [5.74, 6) is -1.44. The summed E-state index contributed by atoms with van der Waals surface area (Å²) in [6.45, 7) is 6.39. The average molecular weight is 769 g/mol. The van der Waals surface area contributed by atoms with Gasteiger partial charge < -0.3 is 38.6 Å². The Balaban J connectivity index is 0.000000307. The third-order valence-corrected chi connectivity index (χ3v) is 10.7. The number of nitrogens with two attached hydrogens (primary N) is 1. The quantitative estimate of drug-likeness (QED) is 0.151. The summed E-state index contributed by atoms with van der Waals surface area (Å²) >= 11 is 0. The van der Waals surface area contributed by atoms with Crippen LogP contribution < -0.4 is 24.7 Å². The third-order valence-electron chi connectivity index (χ3n) is 9.35. The van der Waals surface area contributed by atoms with E-state index in [9.17, 15) is 18.0 Å². The van der Waals surface area contributed by atoms with Crippen molar-refractivity contribution >= 4 is 43.6 Å². The molecule has 4 aromatic carbocycles. The van der Waals surface area contributed by atoms with Crippen LogP contribution in [-0.2, 0) is 37.4 Å². The Bertz CT molecular complexity index is 2470. The normalized spacial score (nSPS) is 12.7. The molecule has 14 heteroatoms. The van der Waals surface area contributed by atoms with Crippen molar-refractivity contribution in [1.29, 1.82) is 0 Å². The van der Waals surface area contributed by atoms with Crippen LogP contribution in [-0.4, -0.2) is 70.7 Å². The summed E-state index contributed by atoms with van der Waals surface area (Å²) in [7, 11) is 0.320. The van der Waals surface area contributed by atoms with Crippen molar-refractivity contribution in [3.05, 3.63) is 119 Å². The molecule has 1 atom stereocenters. The summed E-state index contributed by atoms with van der Waals surface area (Å²) in [5, 5.41) is 1.93. The minimum atomic E-state index is -4.34. The van der Waals surface area contributed by atoms with Crippen LogP contribution in [0.25, 0.3) is 21.8 Å². The SMILES string of the molecule is COCCn1cc(C(C(=O)NS(=O)(=O)c2ccc(C)cc2OC)c2ccc3c(c2)OCO3)c2ccc(C(N)=O)cc21.COCCn1ccc2ccc(C)cc21. The highest BCUT2D eigenvalue weighted by Crippen LogP contribution is 2.39. The summed E-state index contributed by atoms with van der Waals surface area (Å²) in [4.78, 5) is 25.8. The number of benzene rings is 4. The van der Waals surface area contributed by atoms with Gasteiger partial charge >= 0.3 is 0 Å². The van der Waals surface area contributed by atoms with Crippen LogP contribution in [0.3, 0.4) is 0 Å². The number of carbonyl (C=O) groups is 2. The molecule has 288 valence electrons. The Morgan fingerprint density at radius 1 is 0.818 bits per heavy atom. The highest BCUT2D eigenvalue weighted by Gasteiger charge is 2.33. The maximum absolute atomic E-state index is 14.0. The summed E-state index contributed by atoms with van der Waals surface area (Å²) in [6, 6.07) is 23.2. The zero-order valence-corrected chi connectivity index (χ0v) is 32.1. The molecular formula is C41H44N4O9S. The molecule has 3 heterocycles. The molecule has 1 unspecified atom stereocenters. The molecule has 0 radical (unpaired) electrons. The van der Waals surface area contributed by atoms with E-state index in [-0.39, 0.29) is 17.4 Å². The molecule has 7 rings (SSSR count). The van der Waals surface area contributed by atoms with Gasteiger partial charge in [-0.1, -0.05) is 30.3 Å². The van der Waals surface area contributed by atoms with E-state index in [0.29, 0.717) is 52.2 Å². The van der Waals surface area contributed by atoms with E-state index in [2.05, 4.69) is 46.7 Å². The van der Waals surface area contributed by atoms with E-state index < -0.39 is 27.8 Å². The number of aromatic nitrogens is 2. The first kappa shape index (κ1) is 38.9. The number of fused-ring (bicyclic) bond motifs is 3. The number of carbonyl (C=O) groups excluding carboxylic acids is 2. The van der Waals surface area contributed by atoms with Crippen LogP contribution >= 0.6 is 0 Å². The van der Waals surface area contributed by atoms with Crippen molar-refractivity contribution < 1.29 is 41.7 Å². The number of ether oxygens (including phenoxy) is 5. The molecule has 2 amide bonds. The molecule has 0 saturated carbocycles. The lowest BCUT2D eigenvalue weighted by Gasteiger charge is -2.19. The Morgan fingerprint density at radius 3 is 2.25 bits per heavy atom. The molecule has 0 saturated heterocycles. The monoisotopic (exact) mass is 768 g/mol. The Morgan fingerprint density at radius 2 is 1.53 bits per heavy atom. The lowest BCUT2D eigenvalue weighted by Crippen LogP contribution is -2.35. The minimum Gasteiger partial charge on any atom is -0.495 e. The van der Waals surface area contributed by atoms with Crippen LogP contribution in [0.2, 0.25) is 0 Å².